The van der Waals surface area contributed by atoms with Crippen LogP contribution in [0.1, 0.15) is 11.1 Å². The molecule has 0 aliphatic heterocycles. The minimum absolute atomic E-state index is 0. The summed E-state index contributed by atoms with van der Waals surface area (Å²) >= 11 is 0. The van der Waals surface area contributed by atoms with Crippen molar-refractivity contribution in [2.45, 2.75) is 6.42 Å². The van der Waals surface area contributed by atoms with Gasteiger partial charge in [0.05, 0.1) is 0 Å². The van der Waals surface area contributed by atoms with Crippen LogP contribution in [0.3, 0.4) is 0 Å². The third kappa shape index (κ3) is 1.76. The summed E-state index contributed by atoms with van der Waals surface area (Å²) < 4.78 is 0. The summed E-state index contributed by atoms with van der Waals surface area (Å²) in [7, 11) is 0. The summed E-state index contributed by atoms with van der Waals surface area (Å²) in [5.74, 6) is 0.176. The van der Waals surface area contributed by atoms with Crippen LogP contribution in [0.5, 0.6) is 0 Å². The van der Waals surface area contributed by atoms with Gasteiger partial charge in [0.25, 0.3) is 0 Å². The topological polar surface area (TPSA) is 23.1 Å². The summed E-state index contributed by atoms with van der Waals surface area (Å²) in [4.78, 5) is 0. The maximum absolute atomic E-state index is 11.0. The molecule has 0 aromatic heterocycles. The number of allylic oxidation sites excluding steroid dienone is 1. The second-order valence-corrected chi connectivity index (χ2v) is 2.43. The molecular weight excluding hydrogens is 163 g/mol. The molecule has 0 unspecified atom stereocenters. The van der Waals surface area contributed by atoms with Crippen LogP contribution in [0.25, 0.3) is 5.76 Å². The molecule has 0 saturated carbocycles. The second kappa shape index (κ2) is 3.87. The maximum atomic E-state index is 11.0. The van der Waals surface area contributed by atoms with Gasteiger partial charge in [0, 0.05) is 0 Å². The molecule has 2 rings (SSSR count). The van der Waals surface area contributed by atoms with Crippen molar-refractivity contribution < 1.29 is 56.5 Å². The van der Waals surface area contributed by atoms with Crippen LogP contribution >= 0.6 is 0 Å². The van der Waals surface area contributed by atoms with Crippen LogP contribution in [0.2, 0.25) is 0 Å². The van der Waals surface area contributed by atoms with Crippen LogP contribution in [0.15, 0.2) is 30.3 Å². The fourth-order valence-corrected chi connectivity index (χ4v) is 1.25. The van der Waals surface area contributed by atoms with Gasteiger partial charge in [0.1, 0.15) is 0 Å². The van der Waals surface area contributed by atoms with Crippen molar-refractivity contribution in [2.24, 2.45) is 0 Å². The van der Waals surface area contributed by atoms with Crippen molar-refractivity contribution in [3.8, 4) is 0 Å². The standard InChI is InChI=1S/C9H8O.K/c10-9-6-5-7-3-1-2-4-8(7)9;/h1-4,6,10H,5H2;/q;+1/p-1. The average molecular weight is 170 g/mol. The smallest absolute Gasteiger partial charge is 0.872 e. The van der Waals surface area contributed by atoms with Crippen LogP contribution in [-0.4, -0.2) is 0 Å². The second-order valence-electron chi connectivity index (χ2n) is 2.43. The normalized spacial score (nSPS) is 13.3. The van der Waals surface area contributed by atoms with Gasteiger partial charge in [-0.3, -0.25) is 0 Å². The minimum atomic E-state index is 0. The van der Waals surface area contributed by atoms with E-state index in [0.29, 0.717) is 0 Å². The molecule has 0 saturated heterocycles. The van der Waals surface area contributed by atoms with Gasteiger partial charge in [0.2, 0.25) is 0 Å². The Kier molecular flexibility index (Phi) is 3.34. The van der Waals surface area contributed by atoms with E-state index in [9.17, 15) is 5.11 Å². The Balaban J connectivity index is 0.000000605. The van der Waals surface area contributed by atoms with E-state index < -0.39 is 0 Å². The van der Waals surface area contributed by atoms with Crippen molar-refractivity contribution in [3.05, 3.63) is 41.5 Å². The molecule has 0 heterocycles. The van der Waals surface area contributed by atoms with Crippen molar-refractivity contribution in [2.75, 3.05) is 0 Å². The molecule has 1 nitrogen and oxygen atoms in total. The van der Waals surface area contributed by atoms with E-state index >= 15 is 0 Å². The van der Waals surface area contributed by atoms with E-state index in [1.807, 2.05) is 24.3 Å². The monoisotopic (exact) mass is 170 g/mol. The van der Waals surface area contributed by atoms with Gasteiger partial charge in [-0.1, -0.05) is 30.3 Å². The van der Waals surface area contributed by atoms with Crippen molar-refractivity contribution in [1.29, 1.82) is 0 Å². The van der Waals surface area contributed by atoms with E-state index in [1.54, 1.807) is 6.08 Å². The number of hydrogen-bond donors (Lipinski definition) is 0. The molecular formula is C9H7KO. The van der Waals surface area contributed by atoms with E-state index in [2.05, 4.69) is 0 Å². The zero-order chi connectivity index (χ0) is 6.97. The predicted molar refractivity (Wildman–Crippen MR) is 38.1 cm³/mol. The van der Waals surface area contributed by atoms with Crippen LogP contribution in [0.4, 0.5) is 0 Å². The predicted octanol–water partition coefficient (Wildman–Crippen LogP) is -2.05. The molecule has 0 amide bonds. The Morgan fingerprint density at radius 3 is 2.64 bits per heavy atom. The Morgan fingerprint density at radius 1 is 1.18 bits per heavy atom. The molecule has 0 atom stereocenters. The molecule has 2 heteroatoms. The molecule has 1 aromatic rings. The quantitative estimate of drug-likeness (QED) is 0.411. The Bertz CT molecular complexity index is 291. The molecule has 1 aromatic carbocycles. The van der Waals surface area contributed by atoms with Crippen LogP contribution in [0, 0.1) is 0 Å². The molecule has 0 radical (unpaired) electrons. The van der Waals surface area contributed by atoms with Crippen molar-refractivity contribution in [3.63, 3.8) is 0 Å². The van der Waals surface area contributed by atoms with E-state index in [4.69, 9.17) is 0 Å². The van der Waals surface area contributed by atoms with Gasteiger partial charge in [-0.2, -0.15) is 0 Å². The van der Waals surface area contributed by atoms with E-state index in [1.165, 1.54) is 0 Å². The fourth-order valence-electron chi connectivity index (χ4n) is 1.25. The van der Waals surface area contributed by atoms with E-state index in [-0.39, 0.29) is 57.1 Å². The summed E-state index contributed by atoms with van der Waals surface area (Å²) in [6, 6.07) is 7.74. The minimum Gasteiger partial charge on any atom is -0.872 e. The molecule has 0 bridgehead atoms. The number of fused-ring (bicyclic) bond motifs is 1. The summed E-state index contributed by atoms with van der Waals surface area (Å²) in [5.41, 5.74) is 2.04. The first-order chi connectivity index (χ1) is 4.88. The summed E-state index contributed by atoms with van der Waals surface area (Å²) in [6.07, 6.45) is 2.54. The molecule has 0 N–H and O–H groups in total. The zero-order valence-corrected chi connectivity index (χ0v) is 9.63. The summed E-state index contributed by atoms with van der Waals surface area (Å²) in [6.45, 7) is 0. The third-order valence-electron chi connectivity index (χ3n) is 1.79. The van der Waals surface area contributed by atoms with Gasteiger partial charge in [0.15, 0.2) is 0 Å². The van der Waals surface area contributed by atoms with Crippen molar-refractivity contribution >= 4 is 5.76 Å². The molecule has 1 aliphatic carbocycles. The number of rotatable bonds is 0. The number of benzene rings is 1. The Labute approximate surface area is 109 Å². The molecule has 1 aliphatic rings. The van der Waals surface area contributed by atoms with Gasteiger partial charge < -0.3 is 5.11 Å². The van der Waals surface area contributed by atoms with Crippen molar-refractivity contribution in [1.82, 2.24) is 0 Å². The molecule has 0 spiro atoms. The van der Waals surface area contributed by atoms with Crippen LogP contribution < -0.4 is 56.5 Å². The Hall–Kier alpha value is 0.396. The van der Waals surface area contributed by atoms with Gasteiger partial charge >= 0.3 is 51.4 Å². The first kappa shape index (κ1) is 9.48. The van der Waals surface area contributed by atoms with E-state index in [0.717, 1.165) is 17.5 Å². The van der Waals surface area contributed by atoms with Gasteiger partial charge in [-0.25, -0.2) is 0 Å². The fraction of sp³-hybridized carbons (Fsp3) is 0.111. The largest absolute Gasteiger partial charge is 1.00 e. The summed E-state index contributed by atoms with van der Waals surface area (Å²) in [5, 5.41) is 11.0. The molecule has 11 heavy (non-hydrogen) atoms. The number of hydrogen-bond acceptors (Lipinski definition) is 1. The first-order valence-electron chi connectivity index (χ1n) is 3.33. The third-order valence-corrected chi connectivity index (χ3v) is 1.79. The van der Waals surface area contributed by atoms with Crippen LogP contribution in [-0.2, 0) is 6.42 Å². The first-order valence-corrected chi connectivity index (χ1v) is 3.33. The average Bonchev–Trinajstić information content (AvgIpc) is 2.34. The molecule has 0 fully saturated rings. The van der Waals surface area contributed by atoms with Gasteiger partial charge in [-0.15, -0.1) is 5.76 Å². The van der Waals surface area contributed by atoms with Gasteiger partial charge in [-0.05, 0) is 17.5 Å². The maximum Gasteiger partial charge on any atom is 1.00 e. The zero-order valence-electron chi connectivity index (χ0n) is 6.50. The Morgan fingerprint density at radius 2 is 1.91 bits per heavy atom. The molecule has 50 valence electrons. The SMILES string of the molecule is [K+].[O-]C1=CCc2ccccc21.